The van der Waals surface area contributed by atoms with Crippen LogP contribution in [0.1, 0.15) is 50.7 Å². The van der Waals surface area contributed by atoms with Crippen molar-refractivity contribution in [3.63, 3.8) is 0 Å². The largest absolute Gasteiger partial charge is 0.350 e. The molecule has 0 spiro atoms. The maximum absolute atomic E-state index is 12.1. The third kappa shape index (κ3) is 5.03. The Bertz CT molecular complexity index is 409. The van der Waals surface area contributed by atoms with Gasteiger partial charge in [-0.05, 0) is 38.7 Å². The normalized spacial score (nSPS) is 13.1. The van der Waals surface area contributed by atoms with E-state index in [2.05, 4.69) is 43.4 Å². The quantitative estimate of drug-likeness (QED) is 0.828. The van der Waals surface area contributed by atoms with Crippen LogP contribution in [0.4, 0.5) is 0 Å². The molecule has 1 atom stereocenters. The number of nitrogens with one attached hydrogen (secondary N) is 1. The van der Waals surface area contributed by atoms with Crippen molar-refractivity contribution in [1.82, 2.24) is 5.32 Å². The topological polar surface area (TPSA) is 55.1 Å². The molecule has 3 nitrogen and oxygen atoms in total. The van der Waals surface area contributed by atoms with Crippen LogP contribution in [0.3, 0.4) is 0 Å². The first-order valence-electron chi connectivity index (χ1n) is 6.95. The number of amides is 1. The first-order chi connectivity index (χ1) is 8.88. The van der Waals surface area contributed by atoms with Gasteiger partial charge in [-0.25, -0.2) is 0 Å². The zero-order chi connectivity index (χ0) is 14.5. The fourth-order valence-corrected chi connectivity index (χ4v) is 2.04. The van der Waals surface area contributed by atoms with Crippen LogP contribution in [0.25, 0.3) is 0 Å². The van der Waals surface area contributed by atoms with Crippen LogP contribution in [0.5, 0.6) is 0 Å². The van der Waals surface area contributed by atoms with Gasteiger partial charge in [0.05, 0.1) is 0 Å². The van der Waals surface area contributed by atoms with E-state index in [4.69, 9.17) is 5.73 Å². The average molecular weight is 262 g/mol. The molecule has 19 heavy (non-hydrogen) atoms. The smallest absolute Gasteiger partial charge is 0.221 e. The van der Waals surface area contributed by atoms with Gasteiger partial charge in [0.2, 0.25) is 5.91 Å². The first-order valence-corrected chi connectivity index (χ1v) is 6.95. The summed E-state index contributed by atoms with van der Waals surface area (Å²) in [4.78, 5) is 12.1. The highest BCUT2D eigenvalue weighted by atomic mass is 16.1. The van der Waals surface area contributed by atoms with E-state index >= 15 is 0 Å². The minimum Gasteiger partial charge on any atom is -0.350 e. The van der Waals surface area contributed by atoms with Crippen molar-refractivity contribution in [2.24, 2.45) is 5.73 Å². The molecule has 0 saturated carbocycles. The molecule has 0 saturated heterocycles. The number of carbonyl (C=O) groups is 1. The van der Waals surface area contributed by atoms with Crippen LogP contribution < -0.4 is 11.1 Å². The highest BCUT2D eigenvalue weighted by Crippen LogP contribution is 2.23. The molecule has 1 amide bonds. The van der Waals surface area contributed by atoms with Crippen molar-refractivity contribution < 1.29 is 4.79 Å². The summed E-state index contributed by atoms with van der Waals surface area (Å²) in [6.45, 7) is 8.52. The van der Waals surface area contributed by atoms with Gasteiger partial charge in [0.25, 0.3) is 0 Å². The van der Waals surface area contributed by atoms with Crippen molar-refractivity contribution in [2.75, 3.05) is 6.54 Å². The van der Waals surface area contributed by atoms with Crippen LogP contribution in [-0.2, 0) is 4.79 Å². The van der Waals surface area contributed by atoms with E-state index in [0.29, 0.717) is 13.0 Å². The SMILES string of the molecule is CCC(CC(=O)NC(C)(C)CN)c1ccc(C)cc1. The minimum absolute atomic E-state index is 0.0721. The fourth-order valence-electron chi connectivity index (χ4n) is 2.04. The number of nitrogens with two attached hydrogens (primary N) is 1. The maximum atomic E-state index is 12.1. The standard InChI is InChI=1S/C16H26N2O/c1-5-13(14-8-6-12(2)7-9-14)10-15(19)18-16(3,4)11-17/h6-9,13H,5,10-11,17H2,1-4H3,(H,18,19). The van der Waals surface area contributed by atoms with Gasteiger partial charge in [-0.2, -0.15) is 0 Å². The van der Waals surface area contributed by atoms with Crippen LogP contribution in [0, 0.1) is 6.92 Å². The molecule has 1 unspecified atom stereocenters. The highest BCUT2D eigenvalue weighted by Gasteiger charge is 2.21. The fraction of sp³-hybridized carbons (Fsp3) is 0.562. The monoisotopic (exact) mass is 262 g/mol. The van der Waals surface area contributed by atoms with Gasteiger partial charge >= 0.3 is 0 Å². The number of aryl methyl sites for hydroxylation is 1. The highest BCUT2D eigenvalue weighted by molar-refractivity contribution is 5.77. The van der Waals surface area contributed by atoms with Crippen molar-refractivity contribution in [3.8, 4) is 0 Å². The molecule has 0 heterocycles. The van der Waals surface area contributed by atoms with E-state index in [1.807, 2.05) is 13.8 Å². The number of carbonyl (C=O) groups excluding carboxylic acids is 1. The van der Waals surface area contributed by atoms with Crippen molar-refractivity contribution >= 4 is 5.91 Å². The second-order valence-electron chi connectivity index (χ2n) is 5.86. The molecule has 0 aliphatic carbocycles. The zero-order valence-corrected chi connectivity index (χ0v) is 12.5. The molecular formula is C16H26N2O. The Morgan fingerprint density at radius 3 is 2.37 bits per heavy atom. The minimum atomic E-state index is -0.331. The van der Waals surface area contributed by atoms with Gasteiger partial charge in [-0.1, -0.05) is 36.8 Å². The van der Waals surface area contributed by atoms with Gasteiger partial charge in [-0.15, -0.1) is 0 Å². The summed E-state index contributed by atoms with van der Waals surface area (Å²) in [5.74, 6) is 0.344. The average Bonchev–Trinajstić information content (AvgIpc) is 2.36. The van der Waals surface area contributed by atoms with Gasteiger partial charge in [0, 0.05) is 18.5 Å². The molecule has 0 aromatic heterocycles. The van der Waals surface area contributed by atoms with Gasteiger partial charge in [-0.3, -0.25) is 4.79 Å². The Kier molecular flexibility index (Phi) is 5.55. The predicted octanol–water partition coefficient (Wildman–Crippen LogP) is 2.73. The lowest BCUT2D eigenvalue weighted by molar-refractivity contribution is -0.123. The number of hydrogen-bond acceptors (Lipinski definition) is 2. The van der Waals surface area contributed by atoms with Crippen molar-refractivity contribution in [2.45, 2.75) is 52.0 Å². The first kappa shape index (κ1) is 15.7. The summed E-state index contributed by atoms with van der Waals surface area (Å²) in [5.41, 5.74) is 7.77. The van der Waals surface area contributed by atoms with Crippen LogP contribution >= 0.6 is 0 Å². The van der Waals surface area contributed by atoms with Crippen molar-refractivity contribution in [1.29, 1.82) is 0 Å². The summed E-state index contributed by atoms with van der Waals surface area (Å²) in [7, 11) is 0. The molecule has 0 aliphatic rings. The van der Waals surface area contributed by atoms with E-state index < -0.39 is 0 Å². The molecule has 3 heteroatoms. The Labute approximate surface area is 116 Å². The van der Waals surface area contributed by atoms with E-state index in [1.165, 1.54) is 11.1 Å². The van der Waals surface area contributed by atoms with Gasteiger partial charge < -0.3 is 11.1 Å². The molecule has 3 N–H and O–H groups in total. The Morgan fingerprint density at radius 1 is 1.32 bits per heavy atom. The number of hydrogen-bond donors (Lipinski definition) is 2. The molecule has 1 aromatic carbocycles. The molecule has 0 radical (unpaired) electrons. The summed E-state index contributed by atoms with van der Waals surface area (Å²) >= 11 is 0. The Balaban J connectivity index is 2.67. The maximum Gasteiger partial charge on any atom is 0.221 e. The van der Waals surface area contributed by atoms with Crippen LogP contribution in [-0.4, -0.2) is 18.0 Å². The van der Waals surface area contributed by atoms with E-state index in [0.717, 1.165) is 6.42 Å². The molecule has 0 bridgehead atoms. The second kappa shape index (κ2) is 6.71. The molecule has 1 aromatic rings. The van der Waals surface area contributed by atoms with E-state index in [1.54, 1.807) is 0 Å². The molecule has 106 valence electrons. The molecular weight excluding hydrogens is 236 g/mol. The molecule has 0 fully saturated rings. The second-order valence-corrected chi connectivity index (χ2v) is 5.86. The summed E-state index contributed by atoms with van der Waals surface area (Å²) in [6, 6.07) is 8.43. The predicted molar refractivity (Wildman–Crippen MR) is 80.1 cm³/mol. The van der Waals surface area contributed by atoms with Gasteiger partial charge in [0.15, 0.2) is 0 Å². The lowest BCUT2D eigenvalue weighted by atomic mass is 9.92. The van der Waals surface area contributed by atoms with E-state index in [9.17, 15) is 4.79 Å². The third-order valence-electron chi connectivity index (χ3n) is 3.46. The van der Waals surface area contributed by atoms with E-state index in [-0.39, 0.29) is 17.4 Å². The molecule has 0 aliphatic heterocycles. The molecule has 1 rings (SSSR count). The third-order valence-corrected chi connectivity index (χ3v) is 3.46. The lowest BCUT2D eigenvalue weighted by Crippen LogP contribution is -2.49. The summed E-state index contributed by atoms with van der Waals surface area (Å²) in [6.07, 6.45) is 1.47. The summed E-state index contributed by atoms with van der Waals surface area (Å²) in [5, 5.41) is 2.99. The van der Waals surface area contributed by atoms with Crippen LogP contribution in [0.15, 0.2) is 24.3 Å². The Hall–Kier alpha value is -1.35. The zero-order valence-electron chi connectivity index (χ0n) is 12.5. The Morgan fingerprint density at radius 2 is 1.89 bits per heavy atom. The number of rotatable bonds is 6. The number of benzene rings is 1. The van der Waals surface area contributed by atoms with Gasteiger partial charge in [0.1, 0.15) is 0 Å². The summed E-state index contributed by atoms with van der Waals surface area (Å²) < 4.78 is 0. The van der Waals surface area contributed by atoms with Crippen LogP contribution in [0.2, 0.25) is 0 Å². The lowest BCUT2D eigenvalue weighted by Gasteiger charge is -2.25. The van der Waals surface area contributed by atoms with Crippen molar-refractivity contribution in [3.05, 3.63) is 35.4 Å².